The molecule has 2 rings (SSSR count). The third kappa shape index (κ3) is 2.60. The minimum Gasteiger partial charge on any atom is -0.751 e. The maximum Gasteiger partial charge on any atom is 1.00 e. The molecule has 0 spiro atoms. The summed E-state index contributed by atoms with van der Waals surface area (Å²) in [6.45, 7) is 0. The zero-order chi connectivity index (χ0) is 11.9. The molecule has 0 aromatic heterocycles. The quantitative estimate of drug-likeness (QED) is 0.244. The van der Waals surface area contributed by atoms with Crippen LogP contribution < -0.4 is 39.2 Å². The van der Waals surface area contributed by atoms with Crippen molar-refractivity contribution in [2.75, 3.05) is 12.0 Å². The second kappa shape index (κ2) is 5.63. The van der Waals surface area contributed by atoms with Gasteiger partial charge in [0.1, 0.15) is 11.1 Å². The van der Waals surface area contributed by atoms with Gasteiger partial charge in [0.05, 0.1) is 7.11 Å². The smallest absolute Gasteiger partial charge is 0.751 e. The predicted molar refractivity (Wildman–Crippen MR) is 69.2 cm³/mol. The number of methoxy groups -OCH3 is 1. The number of carbonyl (C=O) groups is 1. The van der Waals surface area contributed by atoms with Gasteiger partial charge in [0, 0.05) is 11.8 Å². The number of hydrogen-bond donors (Lipinski definition) is 1. The molecule has 0 aliphatic carbocycles. The number of carbonyl (C=O) groups excluding carboxylic acids is 1. The zero-order valence-corrected chi connectivity index (χ0v) is 13.9. The van der Waals surface area contributed by atoms with Crippen molar-refractivity contribution in [1.29, 1.82) is 0 Å². The van der Waals surface area contributed by atoms with Crippen molar-refractivity contribution in [3.8, 4) is 5.75 Å². The average Bonchev–Trinajstić information content (AvgIpc) is 2.28. The molecule has 17 heavy (non-hydrogen) atoms. The fourth-order valence-electron chi connectivity index (χ4n) is 1.54. The molecule has 1 fully saturated rings. The standard InChI is InChI=1S/C10H10ClNO2S2.Na/c1-14-7-4-2-3-6(5-7)12-9(13)8(11)10(12,15)16;/h2-5,8,15-16H,1H3;/q;+1/p-1. The van der Waals surface area contributed by atoms with Crippen molar-refractivity contribution < 1.29 is 39.1 Å². The molecule has 7 heteroatoms. The van der Waals surface area contributed by atoms with Crippen LogP contribution >= 0.6 is 24.2 Å². The summed E-state index contributed by atoms with van der Waals surface area (Å²) in [4.78, 5) is 13.0. The van der Waals surface area contributed by atoms with E-state index in [1.54, 1.807) is 31.4 Å². The number of ether oxygens (including phenoxy) is 1. The van der Waals surface area contributed by atoms with Crippen molar-refractivity contribution >= 4 is 48.5 Å². The van der Waals surface area contributed by atoms with E-state index in [1.165, 1.54) is 4.90 Å². The van der Waals surface area contributed by atoms with Gasteiger partial charge in [-0.3, -0.25) is 4.79 Å². The van der Waals surface area contributed by atoms with Crippen LogP contribution in [0.25, 0.3) is 0 Å². The normalized spacial score (nSPS) is 27.2. The molecule has 2 unspecified atom stereocenters. The number of anilines is 1. The number of amides is 1. The molecule has 0 saturated carbocycles. The first-order valence-electron chi connectivity index (χ1n) is 4.53. The minimum absolute atomic E-state index is 0. The third-order valence-electron chi connectivity index (χ3n) is 2.40. The molecule has 1 heterocycles. The molecule has 86 valence electrons. The molecule has 0 bridgehead atoms. The summed E-state index contributed by atoms with van der Waals surface area (Å²) in [7, 11) is 1.56. The molecule has 1 aromatic rings. The Kier molecular flexibility index (Phi) is 5.15. The number of halogens is 1. The Balaban J connectivity index is 0.00000144. The molecule has 0 radical (unpaired) electrons. The van der Waals surface area contributed by atoms with Crippen LogP contribution in [0.15, 0.2) is 24.3 Å². The van der Waals surface area contributed by atoms with E-state index in [2.05, 4.69) is 12.6 Å². The maximum absolute atomic E-state index is 11.6. The van der Waals surface area contributed by atoms with Gasteiger partial charge in [0.15, 0.2) is 0 Å². The van der Waals surface area contributed by atoms with Gasteiger partial charge in [-0.1, -0.05) is 6.07 Å². The van der Waals surface area contributed by atoms with Gasteiger partial charge in [0.2, 0.25) is 5.91 Å². The summed E-state index contributed by atoms with van der Waals surface area (Å²) >= 11 is 15.2. The molecule has 1 aliphatic rings. The molecule has 2 atom stereocenters. The molecule has 1 saturated heterocycles. The van der Waals surface area contributed by atoms with Gasteiger partial charge in [-0.25, -0.2) is 0 Å². The van der Waals surface area contributed by atoms with Gasteiger partial charge in [-0.2, -0.15) is 12.6 Å². The van der Waals surface area contributed by atoms with Crippen LogP contribution in [0.5, 0.6) is 5.75 Å². The van der Waals surface area contributed by atoms with Crippen LogP contribution in [0, 0.1) is 0 Å². The van der Waals surface area contributed by atoms with E-state index in [4.69, 9.17) is 29.0 Å². The van der Waals surface area contributed by atoms with Crippen LogP contribution in [-0.2, 0) is 17.4 Å². The van der Waals surface area contributed by atoms with Gasteiger partial charge in [0.25, 0.3) is 0 Å². The summed E-state index contributed by atoms with van der Waals surface area (Å²) in [5, 5.41) is -0.767. The Labute approximate surface area is 138 Å². The van der Waals surface area contributed by atoms with E-state index in [9.17, 15) is 4.79 Å². The molecule has 0 N–H and O–H groups in total. The van der Waals surface area contributed by atoms with Crippen molar-refractivity contribution in [2.45, 2.75) is 9.58 Å². The van der Waals surface area contributed by atoms with Crippen LogP contribution in [0.3, 0.4) is 0 Å². The van der Waals surface area contributed by atoms with Crippen LogP contribution in [0.4, 0.5) is 5.69 Å². The van der Waals surface area contributed by atoms with E-state index < -0.39 is 9.58 Å². The Morgan fingerprint density at radius 2 is 2.24 bits per heavy atom. The number of β-lactam (4-membered cyclic amide) rings is 1. The summed E-state index contributed by atoms with van der Waals surface area (Å²) in [6, 6.07) is 7.05. The van der Waals surface area contributed by atoms with Crippen molar-refractivity contribution in [1.82, 2.24) is 0 Å². The monoisotopic (exact) mass is 297 g/mol. The molecule has 1 aromatic carbocycles. The van der Waals surface area contributed by atoms with Crippen LogP contribution in [0.2, 0.25) is 0 Å². The third-order valence-corrected chi connectivity index (χ3v) is 4.06. The largest absolute Gasteiger partial charge is 1.00 e. The maximum atomic E-state index is 11.6. The predicted octanol–water partition coefficient (Wildman–Crippen LogP) is -1.22. The van der Waals surface area contributed by atoms with Crippen molar-refractivity contribution in [2.24, 2.45) is 0 Å². The summed E-state index contributed by atoms with van der Waals surface area (Å²) in [5.41, 5.74) is 0.645. The summed E-state index contributed by atoms with van der Waals surface area (Å²) < 4.78 is 4.01. The topological polar surface area (TPSA) is 29.5 Å². The first-order chi connectivity index (χ1) is 7.48. The van der Waals surface area contributed by atoms with Crippen LogP contribution in [0.1, 0.15) is 0 Å². The van der Waals surface area contributed by atoms with Gasteiger partial charge < -0.3 is 22.3 Å². The number of thiol groups is 1. The summed E-state index contributed by atoms with van der Waals surface area (Å²) in [6.07, 6.45) is 0. The van der Waals surface area contributed by atoms with E-state index in [1.807, 2.05) is 0 Å². The number of alkyl halides is 1. The SMILES string of the molecule is COc1cccc(N2C(=O)C(Cl)C2([S-])S)c1.[Na+]. The fourth-order valence-corrected chi connectivity index (χ4v) is 2.36. The minimum atomic E-state index is -1.06. The van der Waals surface area contributed by atoms with E-state index in [0.29, 0.717) is 11.4 Å². The van der Waals surface area contributed by atoms with Gasteiger partial charge in [-0.15, -0.1) is 11.6 Å². The Hall–Kier alpha value is 0.480. The van der Waals surface area contributed by atoms with Gasteiger partial charge in [-0.05, 0) is 16.3 Å². The Bertz CT molecular complexity index is 444. The molecule has 1 aliphatic heterocycles. The first-order valence-corrected chi connectivity index (χ1v) is 5.82. The summed E-state index contributed by atoms with van der Waals surface area (Å²) in [5.74, 6) is 0.419. The first kappa shape index (κ1) is 15.5. The van der Waals surface area contributed by atoms with E-state index in [0.717, 1.165) is 0 Å². The molecular formula is C10H9ClNNaO2S2. The number of nitrogens with zero attached hydrogens (tertiary/aromatic N) is 1. The Morgan fingerprint density at radius 3 is 2.76 bits per heavy atom. The second-order valence-corrected chi connectivity index (χ2v) is 5.44. The Morgan fingerprint density at radius 1 is 1.59 bits per heavy atom. The number of hydrogen-bond acceptors (Lipinski definition) is 4. The average molecular weight is 298 g/mol. The molecular weight excluding hydrogens is 289 g/mol. The second-order valence-electron chi connectivity index (χ2n) is 3.40. The van der Waals surface area contributed by atoms with Crippen molar-refractivity contribution in [3.05, 3.63) is 24.3 Å². The number of benzene rings is 1. The van der Waals surface area contributed by atoms with Crippen LogP contribution in [-0.4, -0.2) is 22.6 Å². The number of rotatable bonds is 2. The van der Waals surface area contributed by atoms with Crippen molar-refractivity contribution in [3.63, 3.8) is 0 Å². The van der Waals surface area contributed by atoms with E-state index in [-0.39, 0.29) is 35.5 Å². The fraction of sp³-hybridized carbons (Fsp3) is 0.300. The molecule has 3 nitrogen and oxygen atoms in total. The van der Waals surface area contributed by atoms with Gasteiger partial charge >= 0.3 is 29.6 Å². The molecule has 1 amide bonds. The van der Waals surface area contributed by atoms with E-state index >= 15 is 0 Å². The zero-order valence-electron chi connectivity index (χ0n) is 9.38.